The number of fused-ring (bicyclic) bond motifs is 1. The van der Waals surface area contributed by atoms with Crippen LogP contribution in [0, 0.1) is 0 Å². The predicted octanol–water partition coefficient (Wildman–Crippen LogP) is 2.90. The van der Waals surface area contributed by atoms with Crippen LogP contribution in [-0.2, 0) is 0 Å². The van der Waals surface area contributed by atoms with Crippen LogP contribution in [0.2, 0.25) is 0 Å². The summed E-state index contributed by atoms with van der Waals surface area (Å²) in [6, 6.07) is 18.6. The first-order chi connectivity index (χ1) is 8.34. The molecule has 2 heteroatoms. The molecule has 1 atom stereocenters. The Kier molecular flexibility index (Phi) is 2.84. The zero-order chi connectivity index (χ0) is 11.7. The predicted molar refractivity (Wildman–Crippen MR) is 70.7 cm³/mol. The molecule has 0 aromatic heterocycles. The third-order valence-corrected chi connectivity index (χ3v) is 3.81. The maximum absolute atomic E-state index is 6.05. The molecule has 1 unspecified atom stereocenters. The summed E-state index contributed by atoms with van der Waals surface area (Å²) in [4.78, 5) is 0. The van der Waals surface area contributed by atoms with Crippen LogP contribution >= 0.6 is 0 Å². The molecule has 0 amide bonds. The van der Waals surface area contributed by atoms with E-state index in [0.29, 0.717) is 0 Å². The standard InChI is InChI=1S/C15H12OSe/c17-15-10-14(11-6-2-1-3-7-11)16-13-9-5-4-8-12(13)15/h1-9,14H,10H2. The van der Waals surface area contributed by atoms with Crippen molar-refractivity contribution < 1.29 is 4.74 Å². The molecule has 0 aliphatic carbocycles. The van der Waals surface area contributed by atoms with E-state index in [2.05, 4.69) is 45.9 Å². The second-order valence-corrected chi connectivity index (χ2v) is 5.17. The SMILES string of the molecule is [Se]=C1CC(c2ccccc2)Oc2ccccc21. The zero-order valence-corrected chi connectivity index (χ0v) is 11.0. The minimum atomic E-state index is 0.127. The number of hydrogen-bond donors (Lipinski definition) is 0. The summed E-state index contributed by atoms with van der Waals surface area (Å²) in [7, 11) is 0. The fourth-order valence-electron chi connectivity index (χ4n) is 2.13. The van der Waals surface area contributed by atoms with Gasteiger partial charge in [0.15, 0.2) is 0 Å². The van der Waals surface area contributed by atoms with Gasteiger partial charge in [-0.1, -0.05) is 0 Å². The second-order valence-electron chi connectivity index (χ2n) is 4.14. The molecule has 1 nitrogen and oxygen atoms in total. The maximum atomic E-state index is 6.05. The van der Waals surface area contributed by atoms with Crippen LogP contribution in [-0.4, -0.2) is 20.0 Å². The van der Waals surface area contributed by atoms with E-state index in [9.17, 15) is 0 Å². The van der Waals surface area contributed by atoms with Crippen LogP contribution < -0.4 is 4.74 Å². The molecule has 2 aromatic rings. The van der Waals surface area contributed by atoms with Gasteiger partial charge in [0.1, 0.15) is 0 Å². The van der Waals surface area contributed by atoms with Gasteiger partial charge in [0.05, 0.1) is 0 Å². The molecular weight excluding hydrogens is 275 g/mol. The molecule has 84 valence electrons. The van der Waals surface area contributed by atoms with Gasteiger partial charge in [-0.05, 0) is 0 Å². The molecule has 0 N–H and O–H groups in total. The number of hydrogen-bond acceptors (Lipinski definition) is 1. The molecule has 0 spiro atoms. The Bertz CT molecular complexity index is 548. The first kappa shape index (κ1) is 10.8. The van der Waals surface area contributed by atoms with Gasteiger partial charge in [0.2, 0.25) is 0 Å². The van der Waals surface area contributed by atoms with Crippen molar-refractivity contribution in [2.45, 2.75) is 12.5 Å². The van der Waals surface area contributed by atoms with Crippen LogP contribution in [0.5, 0.6) is 5.75 Å². The Morgan fingerprint density at radius 2 is 1.65 bits per heavy atom. The minimum absolute atomic E-state index is 0.127. The van der Waals surface area contributed by atoms with E-state index in [0.717, 1.165) is 12.2 Å². The average molecular weight is 287 g/mol. The summed E-state index contributed by atoms with van der Waals surface area (Å²) < 4.78 is 7.33. The summed E-state index contributed by atoms with van der Waals surface area (Å²) in [5.41, 5.74) is 2.43. The fourth-order valence-corrected chi connectivity index (χ4v) is 2.80. The Morgan fingerprint density at radius 1 is 0.941 bits per heavy atom. The van der Waals surface area contributed by atoms with Crippen molar-refractivity contribution >= 4 is 20.0 Å². The van der Waals surface area contributed by atoms with Crippen molar-refractivity contribution in [1.82, 2.24) is 0 Å². The number of rotatable bonds is 1. The van der Waals surface area contributed by atoms with E-state index < -0.39 is 0 Å². The van der Waals surface area contributed by atoms with Gasteiger partial charge >= 0.3 is 109 Å². The van der Waals surface area contributed by atoms with Gasteiger partial charge in [-0.15, -0.1) is 0 Å². The molecule has 1 aliphatic heterocycles. The van der Waals surface area contributed by atoms with Crippen molar-refractivity contribution in [2.75, 3.05) is 0 Å². The first-order valence-electron chi connectivity index (χ1n) is 5.68. The third kappa shape index (κ3) is 2.06. The van der Waals surface area contributed by atoms with Crippen molar-refractivity contribution in [3.05, 3.63) is 65.7 Å². The molecule has 2 aromatic carbocycles. The molecular formula is C15H12OSe. The van der Waals surface area contributed by atoms with Crippen LogP contribution in [0.4, 0.5) is 0 Å². The summed E-state index contributed by atoms with van der Waals surface area (Å²) >= 11 is 3.17. The summed E-state index contributed by atoms with van der Waals surface area (Å²) in [5, 5.41) is 0. The third-order valence-electron chi connectivity index (χ3n) is 3.00. The van der Waals surface area contributed by atoms with Gasteiger partial charge in [-0.2, -0.15) is 0 Å². The number of para-hydroxylation sites is 1. The van der Waals surface area contributed by atoms with Crippen LogP contribution in [0.1, 0.15) is 23.7 Å². The Morgan fingerprint density at radius 3 is 2.47 bits per heavy atom. The molecule has 0 saturated carbocycles. The quantitative estimate of drug-likeness (QED) is 0.733. The second kappa shape index (κ2) is 4.48. The van der Waals surface area contributed by atoms with Crippen molar-refractivity contribution in [3.8, 4) is 5.75 Å². The molecule has 0 saturated heterocycles. The number of ether oxygens (including phenoxy) is 1. The molecule has 1 aliphatic rings. The van der Waals surface area contributed by atoms with Gasteiger partial charge in [-0.3, -0.25) is 0 Å². The van der Waals surface area contributed by atoms with E-state index in [-0.39, 0.29) is 6.10 Å². The van der Waals surface area contributed by atoms with Crippen LogP contribution in [0.3, 0.4) is 0 Å². The van der Waals surface area contributed by atoms with Gasteiger partial charge in [-0.25, -0.2) is 0 Å². The average Bonchev–Trinajstić information content (AvgIpc) is 2.40. The molecule has 17 heavy (non-hydrogen) atoms. The normalized spacial score (nSPS) is 18.4. The van der Waals surface area contributed by atoms with E-state index in [4.69, 9.17) is 4.74 Å². The van der Waals surface area contributed by atoms with Gasteiger partial charge in [0.25, 0.3) is 0 Å². The Balaban J connectivity index is 1.97. The number of benzene rings is 2. The summed E-state index contributed by atoms with van der Waals surface area (Å²) in [6.45, 7) is 0. The monoisotopic (exact) mass is 288 g/mol. The van der Waals surface area contributed by atoms with Crippen LogP contribution in [0.25, 0.3) is 0 Å². The fraction of sp³-hybridized carbons (Fsp3) is 0.133. The van der Waals surface area contributed by atoms with Crippen molar-refractivity contribution in [1.29, 1.82) is 0 Å². The van der Waals surface area contributed by atoms with Crippen molar-refractivity contribution in [2.24, 2.45) is 0 Å². The summed E-state index contributed by atoms with van der Waals surface area (Å²) in [6.07, 6.45) is 1.04. The molecule has 3 rings (SSSR count). The zero-order valence-electron chi connectivity index (χ0n) is 9.30. The molecule has 0 fully saturated rings. The summed E-state index contributed by atoms with van der Waals surface area (Å²) in [5.74, 6) is 0.973. The molecule has 0 bridgehead atoms. The topological polar surface area (TPSA) is 9.23 Å². The Labute approximate surface area is 109 Å². The molecule has 1 heterocycles. The van der Waals surface area contributed by atoms with Gasteiger partial charge in [0, 0.05) is 0 Å². The first-order valence-corrected chi connectivity index (χ1v) is 6.54. The van der Waals surface area contributed by atoms with E-state index in [1.165, 1.54) is 15.5 Å². The van der Waals surface area contributed by atoms with Crippen molar-refractivity contribution in [3.63, 3.8) is 0 Å². The van der Waals surface area contributed by atoms with Crippen LogP contribution in [0.15, 0.2) is 54.6 Å². The van der Waals surface area contributed by atoms with E-state index in [1.54, 1.807) is 0 Å². The van der Waals surface area contributed by atoms with Gasteiger partial charge < -0.3 is 0 Å². The van der Waals surface area contributed by atoms with E-state index in [1.807, 2.05) is 24.3 Å². The molecule has 0 radical (unpaired) electrons. The van der Waals surface area contributed by atoms with E-state index >= 15 is 0 Å². The Hall–Kier alpha value is -1.37.